The predicted octanol–water partition coefficient (Wildman–Crippen LogP) is 11.7. The number of nitriles is 1. The molecule has 11 atom stereocenters. The van der Waals surface area contributed by atoms with E-state index in [0.29, 0.717) is 62.1 Å². The third kappa shape index (κ3) is 22.8. The molecule has 11 unspecified atom stereocenters. The molecule has 68 heavy (non-hydrogen) atoms. The Kier molecular flexibility index (Phi) is 22.5. The summed E-state index contributed by atoms with van der Waals surface area (Å²) >= 11 is 0. The van der Waals surface area contributed by atoms with Crippen LogP contribution in [0.25, 0.3) is 0 Å². The predicted molar refractivity (Wildman–Crippen MR) is 297 cm³/mol. The second-order valence-electron chi connectivity index (χ2n) is 30.8. The van der Waals surface area contributed by atoms with Gasteiger partial charge in [-0.25, -0.2) is 0 Å². The Morgan fingerprint density at radius 1 is 0.603 bits per heavy atom. The molecule has 7 rings (SSSR count). The maximum atomic E-state index is 8.99. The van der Waals surface area contributed by atoms with Crippen molar-refractivity contribution in [1.82, 2.24) is 16.0 Å². The van der Waals surface area contributed by atoms with E-state index in [1.165, 1.54) is 82.7 Å². The second-order valence-corrected chi connectivity index (χ2v) is 30.8. The topological polar surface area (TPSA) is 190 Å². The minimum absolute atomic E-state index is 0.193. The van der Waals surface area contributed by atoms with Crippen molar-refractivity contribution in [2.45, 2.75) is 276 Å². The first-order chi connectivity index (χ1) is 30.6. The molecule has 1 saturated heterocycles. The maximum Gasteiger partial charge on any atom is 0.0687 e. The van der Waals surface area contributed by atoms with E-state index in [0.717, 1.165) is 57.0 Å². The van der Waals surface area contributed by atoms with Crippen molar-refractivity contribution in [3.63, 3.8) is 0 Å². The Morgan fingerprint density at radius 2 is 1.13 bits per heavy atom. The highest BCUT2D eigenvalue weighted by atomic mass is 15.0. The van der Waals surface area contributed by atoms with Crippen molar-refractivity contribution in [2.24, 2.45) is 83.3 Å². The number of nitrogens with zero attached hydrogens (tertiary/aromatic N) is 1. The Hall–Kier alpha value is -1.09. The van der Waals surface area contributed by atoms with Gasteiger partial charge in [-0.2, -0.15) is 5.26 Å². The molecule has 1 aliphatic heterocycles. The van der Waals surface area contributed by atoms with Crippen LogP contribution in [-0.4, -0.2) is 69.0 Å². The SMILES string of the molecule is CC1(C)CC(N)CC(C)(C#N)C1.CC1(C)CC2CC(C)(CN2)C1.CC1=CC(N)CC(C)(C)C1.CC1CC(N)CC(C)(C)C1.CNC1(C)CC(N)CC(C)(C)C1.CNC1CC(C)(C)CC(C)(CN)C1. The summed E-state index contributed by atoms with van der Waals surface area (Å²) in [7, 11) is 4.09. The number of allylic oxidation sites excluding steroid dienone is 1. The van der Waals surface area contributed by atoms with Crippen LogP contribution in [0.2, 0.25) is 0 Å². The molecule has 2 bridgehead atoms. The molecular formula is C59H119N9. The van der Waals surface area contributed by atoms with Gasteiger partial charge in [0.1, 0.15) is 0 Å². The van der Waals surface area contributed by atoms with Crippen LogP contribution in [0.1, 0.15) is 234 Å². The summed E-state index contributed by atoms with van der Waals surface area (Å²) in [6, 6.07) is 5.19. The lowest BCUT2D eigenvalue weighted by atomic mass is 9.63. The van der Waals surface area contributed by atoms with Crippen molar-refractivity contribution in [2.75, 3.05) is 27.2 Å². The summed E-state index contributed by atoms with van der Waals surface area (Å²) in [6.45, 7) is 43.3. The van der Waals surface area contributed by atoms with Crippen molar-refractivity contribution >= 4 is 0 Å². The molecule has 0 spiro atoms. The van der Waals surface area contributed by atoms with Crippen LogP contribution in [0, 0.1) is 66.0 Å². The van der Waals surface area contributed by atoms with Gasteiger partial charge in [-0.05, 0) is 200 Å². The van der Waals surface area contributed by atoms with Gasteiger partial charge in [-0.15, -0.1) is 0 Å². The summed E-state index contributed by atoms with van der Waals surface area (Å²) in [4.78, 5) is 0. The number of hydrogen-bond donors (Lipinski definition) is 8. The Bertz CT molecular complexity index is 1590. The molecule has 400 valence electrons. The lowest BCUT2D eigenvalue weighted by molar-refractivity contribution is 0.0800. The van der Waals surface area contributed by atoms with Gasteiger partial charge in [0.05, 0.1) is 11.5 Å². The molecule has 9 heteroatoms. The number of rotatable bonds is 3. The molecule has 13 N–H and O–H groups in total. The number of nitrogens with one attached hydrogen (secondary N) is 3. The average molecular weight is 955 g/mol. The third-order valence-electron chi connectivity index (χ3n) is 16.7. The molecule has 0 aromatic heterocycles. The first kappa shape index (κ1) is 63.0. The molecular weight excluding hydrogens is 835 g/mol. The highest BCUT2D eigenvalue weighted by Gasteiger charge is 2.46. The smallest absolute Gasteiger partial charge is 0.0687 e. The zero-order valence-electron chi connectivity index (χ0n) is 48.9. The summed E-state index contributed by atoms with van der Waals surface area (Å²) in [5, 5.41) is 19.4. The Morgan fingerprint density at radius 3 is 1.57 bits per heavy atom. The quantitative estimate of drug-likeness (QED) is 0.127. The third-order valence-corrected chi connectivity index (χ3v) is 16.7. The number of hydrogen-bond acceptors (Lipinski definition) is 9. The fourth-order valence-corrected chi connectivity index (χ4v) is 16.1. The first-order valence-electron chi connectivity index (χ1n) is 27.5. The summed E-state index contributed by atoms with van der Waals surface area (Å²) in [5.74, 6) is 0.832. The van der Waals surface area contributed by atoms with Gasteiger partial charge < -0.3 is 44.6 Å². The largest absolute Gasteiger partial charge is 0.330 e. The normalized spacial score (nSPS) is 40.1. The van der Waals surface area contributed by atoms with Crippen molar-refractivity contribution in [3.8, 4) is 6.07 Å². The van der Waals surface area contributed by atoms with Crippen molar-refractivity contribution < 1.29 is 0 Å². The summed E-state index contributed by atoms with van der Waals surface area (Å²) < 4.78 is 0. The molecule has 6 aliphatic carbocycles. The van der Waals surface area contributed by atoms with Crippen molar-refractivity contribution in [1.29, 1.82) is 5.26 Å². The first-order valence-corrected chi connectivity index (χ1v) is 27.5. The standard InChI is InChI=1S/C11H24N2.C10H22N2.C10H18N2.C10H19N.C9H19N.C9H17N/c1-10(2)5-9(13-4)6-11(3,7-10)8-12;1-9(2)5-8(11)6-10(3,7-9)12-4;1-9(2)4-8(12)5-10(3,6-9)7-11;1-9(2)4-8-5-10(3,6-9)7-11-8;2*1-7-4-8(10)6-9(2,3)5-7/h9,13H,5-8,12H2,1-4H3;8,12H,5-7,11H2,1-4H3;8H,4-6,12H2,1-3H3;8,11H,4-7H2,1-3H3;7-8H,4-6,10H2,1-3H3;4,8H,5-6,10H2,1-3H3. The van der Waals surface area contributed by atoms with Gasteiger partial charge in [-0.1, -0.05) is 116 Å². The van der Waals surface area contributed by atoms with Crippen molar-refractivity contribution in [3.05, 3.63) is 11.6 Å². The summed E-state index contributed by atoms with van der Waals surface area (Å²) in [5.41, 5.74) is 34.6. The van der Waals surface area contributed by atoms with E-state index < -0.39 is 0 Å². The van der Waals surface area contributed by atoms with Crippen LogP contribution in [-0.2, 0) is 0 Å². The van der Waals surface area contributed by atoms with E-state index in [-0.39, 0.29) is 22.4 Å². The molecule has 6 fully saturated rings. The Labute approximate surface area is 423 Å². The second kappa shape index (κ2) is 24.3. The maximum absolute atomic E-state index is 8.99. The minimum Gasteiger partial charge on any atom is -0.330 e. The lowest BCUT2D eigenvalue weighted by Gasteiger charge is -2.46. The van der Waals surface area contributed by atoms with Gasteiger partial charge in [-0.3, -0.25) is 0 Å². The average Bonchev–Trinajstić information content (AvgIpc) is 3.40. The minimum atomic E-state index is -0.193. The molecule has 0 radical (unpaired) electrons. The van der Waals surface area contributed by atoms with Crippen LogP contribution < -0.4 is 44.6 Å². The van der Waals surface area contributed by atoms with Gasteiger partial charge in [0.2, 0.25) is 0 Å². The van der Waals surface area contributed by atoms with E-state index in [4.69, 9.17) is 33.9 Å². The van der Waals surface area contributed by atoms with Crippen LogP contribution >= 0.6 is 0 Å². The zero-order valence-corrected chi connectivity index (χ0v) is 48.9. The molecule has 7 aliphatic rings. The van der Waals surface area contributed by atoms with E-state index >= 15 is 0 Å². The van der Waals surface area contributed by atoms with Gasteiger partial charge >= 0.3 is 0 Å². The summed E-state index contributed by atoms with van der Waals surface area (Å²) in [6.07, 6.45) is 22.6. The van der Waals surface area contributed by atoms with E-state index in [1.54, 1.807) is 0 Å². The monoisotopic (exact) mass is 954 g/mol. The molecule has 1 heterocycles. The zero-order chi connectivity index (χ0) is 52.6. The van der Waals surface area contributed by atoms with Crippen LogP contribution in [0.5, 0.6) is 0 Å². The molecule has 9 nitrogen and oxygen atoms in total. The fourth-order valence-electron chi connectivity index (χ4n) is 16.1. The fraction of sp³-hybridized carbons (Fsp3) is 0.949. The highest BCUT2D eigenvalue weighted by Crippen LogP contribution is 2.49. The molecule has 0 amide bonds. The van der Waals surface area contributed by atoms with E-state index in [1.807, 2.05) is 14.0 Å². The van der Waals surface area contributed by atoms with Gasteiger partial charge in [0.15, 0.2) is 0 Å². The molecule has 5 saturated carbocycles. The van der Waals surface area contributed by atoms with E-state index in [2.05, 4.69) is 153 Å². The van der Waals surface area contributed by atoms with Crippen LogP contribution in [0.3, 0.4) is 0 Å². The van der Waals surface area contributed by atoms with E-state index in [9.17, 15) is 0 Å². The van der Waals surface area contributed by atoms with Crippen LogP contribution in [0.4, 0.5) is 0 Å². The Balaban J connectivity index is 0.000000281. The lowest BCUT2D eigenvalue weighted by Crippen LogP contribution is -2.52. The highest BCUT2D eigenvalue weighted by molar-refractivity contribution is 5.11. The van der Waals surface area contributed by atoms with Gasteiger partial charge in [0, 0.05) is 48.3 Å². The number of nitrogens with two attached hydrogens (primary N) is 5. The van der Waals surface area contributed by atoms with Gasteiger partial charge in [0.25, 0.3) is 0 Å². The number of fused-ring (bicyclic) bond motifs is 2. The molecule has 0 aromatic carbocycles. The van der Waals surface area contributed by atoms with Crippen LogP contribution in [0.15, 0.2) is 11.6 Å². The molecule has 0 aromatic rings.